The molecule has 1 rings (SSSR count). The van der Waals surface area contributed by atoms with Crippen LogP contribution in [-0.4, -0.2) is 49.2 Å². The van der Waals surface area contributed by atoms with Gasteiger partial charge in [0.05, 0.1) is 18.1 Å². The van der Waals surface area contributed by atoms with Gasteiger partial charge in [0.2, 0.25) is 10.0 Å². The predicted octanol–water partition coefficient (Wildman–Crippen LogP) is -0.447. The molecule has 0 saturated heterocycles. The highest BCUT2D eigenvalue weighted by molar-refractivity contribution is 7.89. The fourth-order valence-corrected chi connectivity index (χ4v) is 3.29. The molecule has 0 fully saturated rings. The Bertz CT molecular complexity index is 496. The Kier molecular flexibility index (Phi) is 5.09. The second-order valence-corrected chi connectivity index (χ2v) is 5.78. The maximum absolute atomic E-state index is 12.3. The molecule has 4 N–H and O–H groups in total. The molecule has 0 spiro atoms. The Labute approximate surface area is 107 Å². The summed E-state index contributed by atoms with van der Waals surface area (Å²) in [6, 6.07) is 4.63. The Hall–Kier alpha value is -1.15. The third-order valence-corrected chi connectivity index (χ3v) is 4.57. The van der Waals surface area contributed by atoms with Crippen LogP contribution in [0.15, 0.2) is 23.1 Å². The standard InChI is InChI=1S/C11H18N2O4S/c1-9-2-3-10(12)8-11(9)18(16,17)13(4-6-14)5-7-15/h2-3,8,14-15H,4-7,12H2,1H3. The fourth-order valence-electron chi connectivity index (χ4n) is 1.61. The lowest BCUT2D eigenvalue weighted by Crippen LogP contribution is -2.36. The van der Waals surface area contributed by atoms with E-state index < -0.39 is 10.0 Å². The van der Waals surface area contributed by atoms with Crippen LogP contribution < -0.4 is 5.73 Å². The van der Waals surface area contributed by atoms with Crippen LogP contribution >= 0.6 is 0 Å². The number of hydrogen-bond acceptors (Lipinski definition) is 5. The molecule has 1 aromatic rings. The molecule has 18 heavy (non-hydrogen) atoms. The molecular weight excluding hydrogens is 256 g/mol. The van der Waals surface area contributed by atoms with Crippen LogP contribution in [0.5, 0.6) is 0 Å². The normalized spacial score (nSPS) is 12.0. The molecule has 0 heterocycles. The van der Waals surface area contributed by atoms with Crippen molar-refractivity contribution in [3.63, 3.8) is 0 Å². The van der Waals surface area contributed by atoms with Crippen molar-refractivity contribution in [2.24, 2.45) is 0 Å². The van der Waals surface area contributed by atoms with Crippen molar-refractivity contribution >= 4 is 15.7 Å². The second kappa shape index (κ2) is 6.14. The van der Waals surface area contributed by atoms with Gasteiger partial charge in [-0.15, -0.1) is 0 Å². The van der Waals surface area contributed by atoms with Gasteiger partial charge in [0.1, 0.15) is 0 Å². The van der Waals surface area contributed by atoms with Crippen molar-refractivity contribution in [3.05, 3.63) is 23.8 Å². The summed E-state index contributed by atoms with van der Waals surface area (Å²) in [5.74, 6) is 0. The van der Waals surface area contributed by atoms with E-state index in [1.54, 1.807) is 19.1 Å². The van der Waals surface area contributed by atoms with Crippen molar-refractivity contribution in [1.29, 1.82) is 0 Å². The maximum Gasteiger partial charge on any atom is 0.243 e. The monoisotopic (exact) mass is 274 g/mol. The van der Waals surface area contributed by atoms with Gasteiger partial charge in [-0.05, 0) is 24.6 Å². The van der Waals surface area contributed by atoms with Gasteiger partial charge in [0.15, 0.2) is 0 Å². The molecule has 0 aliphatic carbocycles. The number of nitrogens with two attached hydrogens (primary N) is 1. The zero-order chi connectivity index (χ0) is 13.8. The number of benzene rings is 1. The molecule has 0 aromatic heterocycles. The predicted molar refractivity (Wildman–Crippen MR) is 68.5 cm³/mol. The summed E-state index contributed by atoms with van der Waals surface area (Å²) in [6.45, 7) is 0.942. The van der Waals surface area contributed by atoms with Crippen molar-refractivity contribution < 1.29 is 18.6 Å². The number of anilines is 1. The average molecular weight is 274 g/mol. The lowest BCUT2D eigenvalue weighted by Gasteiger charge is -2.21. The van der Waals surface area contributed by atoms with Crippen molar-refractivity contribution in [1.82, 2.24) is 4.31 Å². The number of hydrogen-bond donors (Lipinski definition) is 3. The topological polar surface area (TPSA) is 104 Å². The zero-order valence-corrected chi connectivity index (χ0v) is 11.0. The summed E-state index contributed by atoms with van der Waals surface area (Å²) in [5, 5.41) is 17.8. The molecular formula is C11H18N2O4S. The number of aryl methyl sites for hydroxylation is 1. The first-order valence-corrected chi connectivity index (χ1v) is 6.95. The zero-order valence-electron chi connectivity index (χ0n) is 10.2. The van der Waals surface area contributed by atoms with E-state index in [1.807, 2.05) is 0 Å². The Morgan fingerprint density at radius 2 is 1.78 bits per heavy atom. The van der Waals surface area contributed by atoms with E-state index in [9.17, 15) is 8.42 Å². The Morgan fingerprint density at radius 3 is 2.28 bits per heavy atom. The molecule has 0 aliphatic heterocycles. The second-order valence-electron chi connectivity index (χ2n) is 3.88. The number of aliphatic hydroxyl groups excluding tert-OH is 2. The lowest BCUT2D eigenvalue weighted by atomic mass is 10.2. The first-order chi connectivity index (χ1) is 8.43. The SMILES string of the molecule is Cc1ccc(N)cc1S(=O)(=O)N(CCO)CCO. The molecule has 0 radical (unpaired) electrons. The van der Waals surface area contributed by atoms with E-state index in [1.165, 1.54) is 6.07 Å². The number of sulfonamides is 1. The van der Waals surface area contributed by atoms with Gasteiger partial charge >= 0.3 is 0 Å². The third-order valence-electron chi connectivity index (χ3n) is 2.53. The molecule has 0 saturated carbocycles. The van der Waals surface area contributed by atoms with E-state index in [-0.39, 0.29) is 31.2 Å². The summed E-state index contributed by atoms with van der Waals surface area (Å²) in [5.41, 5.74) is 6.52. The lowest BCUT2D eigenvalue weighted by molar-refractivity contribution is 0.217. The van der Waals surface area contributed by atoms with Gasteiger partial charge in [-0.3, -0.25) is 0 Å². The van der Waals surface area contributed by atoms with Gasteiger partial charge in [-0.25, -0.2) is 8.42 Å². The summed E-state index contributed by atoms with van der Waals surface area (Å²) >= 11 is 0. The molecule has 0 aliphatic rings. The summed E-state index contributed by atoms with van der Waals surface area (Å²) in [7, 11) is -3.75. The van der Waals surface area contributed by atoms with Crippen LogP contribution in [0.3, 0.4) is 0 Å². The number of nitrogen functional groups attached to an aromatic ring is 1. The summed E-state index contributed by atoms with van der Waals surface area (Å²) in [4.78, 5) is 0.101. The van der Waals surface area contributed by atoms with Crippen LogP contribution in [0.1, 0.15) is 5.56 Å². The van der Waals surface area contributed by atoms with E-state index in [2.05, 4.69) is 0 Å². The Balaban J connectivity index is 3.21. The number of aliphatic hydroxyl groups is 2. The average Bonchev–Trinajstić information content (AvgIpc) is 2.32. The van der Waals surface area contributed by atoms with Gasteiger partial charge in [0.25, 0.3) is 0 Å². The van der Waals surface area contributed by atoms with Crippen LogP contribution in [0.4, 0.5) is 5.69 Å². The molecule has 1 aromatic carbocycles. The minimum atomic E-state index is -3.75. The Morgan fingerprint density at radius 1 is 1.22 bits per heavy atom. The number of rotatable bonds is 6. The first kappa shape index (κ1) is 14.9. The van der Waals surface area contributed by atoms with Gasteiger partial charge in [-0.1, -0.05) is 6.07 Å². The smallest absolute Gasteiger partial charge is 0.243 e. The summed E-state index contributed by atoms with van der Waals surface area (Å²) < 4.78 is 25.7. The molecule has 0 atom stereocenters. The highest BCUT2D eigenvalue weighted by Crippen LogP contribution is 2.22. The van der Waals surface area contributed by atoms with Gasteiger partial charge < -0.3 is 15.9 Å². The highest BCUT2D eigenvalue weighted by atomic mass is 32.2. The van der Waals surface area contributed by atoms with E-state index in [4.69, 9.17) is 15.9 Å². The quantitative estimate of drug-likeness (QED) is 0.610. The maximum atomic E-state index is 12.3. The number of nitrogens with zero attached hydrogens (tertiary/aromatic N) is 1. The van der Waals surface area contributed by atoms with Crippen molar-refractivity contribution in [2.75, 3.05) is 32.0 Å². The van der Waals surface area contributed by atoms with E-state index in [0.717, 1.165) is 4.31 Å². The molecule has 0 amide bonds. The van der Waals surface area contributed by atoms with Crippen LogP contribution in [-0.2, 0) is 10.0 Å². The molecule has 7 heteroatoms. The molecule has 0 bridgehead atoms. The fraction of sp³-hybridized carbons (Fsp3) is 0.455. The minimum Gasteiger partial charge on any atom is -0.399 e. The summed E-state index contributed by atoms with van der Waals surface area (Å²) in [6.07, 6.45) is 0. The molecule has 102 valence electrons. The van der Waals surface area contributed by atoms with Crippen LogP contribution in [0.25, 0.3) is 0 Å². The highest BCUT2D eigenvalue weighted by Gasteiger charge is 2.25. The minimum absolute atomic E-state index is 0.0584. The van der Waals surface area contributed by atoms with Crippen molar-refractivity contribution in [2.45, 2.75) is 11.8 Å². The molecule has 0 unspecified atom stereocenters. The van der Waals surface area contributed by atoms with Crippen LogP contribution in [0, 0.1) is 6.92 Å². The van der Waals surface area contributed by atoms with E-state index in [0.29, 0.717) is 11.3 Å². The van der Waals surface area contributed by atoms with E-state index >= 15 is 0 Å². The molecule has 6 nitrogen and oxygen atoms in total. The van der Waals surface area contributed by atoms with Gasteiger partial charge in [0, 0.05) is 18.8 Å². The van der Waals surface area contributed by atoms with Crippen LogP contribution in [0.2, 0.25) is 0 Å². The van der Waals surface area contributed by atoms with Crippen molar-refractivity contribution in [3.8, 4) is 0 Å². The third kappa shape index (κ3) is 3.20. The largest absolute Gasteiger partial charge is 0.399 e. The first-order valence-electron chi connectivity index (χ1n) is 5.51. The van der Waals surface area contributed by atoms with Gasteiger partial charge in [-0.2, -0.15) is 4.31 Å².